The Balaban J connectivity index is 1.66. The summed E-state index contributed by atoms with van der Waals surface area (Å²) in [7, 11) is 0. The fraction of sp³-hybridized carbons (Fsp3) is 0.0476. The highest BCUT2D eigenvalue weighted by Gasteiger charge is 2.14. The molecule has 0 aliphatic carbocycles. The van der Waals surface area contributed by atoms with Gasteiger partial charge in [0.05, 0.1) is 45.6 Å². The summed E-state index contributed by atoms with van der Waals surface area (Å²) in [6.45, 7) is 2.06. The van der Waals surface area contributed by atoms with Crippen LogP contribution in [0, 0.1) is 0 Å². The quantitative estimate of drug-likeness (QED) is 0.648. The van der Waals surface area contributed by atoms with Crippen LogP contribution in [0.15, 0.2) is 115 Å². The minimum Gasteiger partial charge on any atom is -0.249 e. The molecule has 0 saturated carbocycles. The van der Waals surface area contributed by atoms with Crippen molar-refractivity contribution in [1.82, 2.24) is 0 Å². The van der Waals surface area contributed by atoms with Gasteiger partial charge >= 0.3 is 0 Å². The molecule has 0 aromatic carbocycles. The molecule has 5 aliphatic heterocycles. The molecule has 5 aliphatic rings. The molecule has 0 aromatic heterocycles. The fourth-order valence-corrected chi connectivity index (χ4v) is 3.04. The Bertz CT molecular complexity index is 1070. The molecule has 4 heteroatoms. The SMILES string of the molecule is CC1=CC2=CC3=NC(=CC4=NC(=CC5=NC(=CC1=N2)C=C5)C=C4)C=C3. The van der Waals surface area contributed by atoms with E-state index in [0.29, 0.717) is 0 Å². The number of fused-ring (bicyclic) bond motifs is 4. The van der Waals surface area contributed by atoms with Crippen LogP contribution in [0.3, 0.4) is 0 Å². The van der Waals surface area contributed by atoms with Gasteiger partial charge in [-0.2, -0.15) is 0 Å². The first kappa shape index (κ1) is 14.0. The Morgan fingerprint density at radius 1 is 0.480 bits per heavy atom. The summed E-state index contributed by atoms with van der Waals surface area (Å²) < 4.78 is 0. The molecule has 118 valence electrons. The second kappa shape index (κ2) is 5.31. The van der Waals surface area contributed by atoms with Crippen molar-refractivity contribution in [2.75, 3.05) is 0 Å². The van der Waals surface area contributed by atoms with Gasteiger partial charge in [-0.15, -0.1) is 0 Å². The molecule has 0 fully saturated rings. The summed E-state index contributed by atoms with van der Waals surface area (Å²) in [5.74, 6) is 0. The molecule has 5 rings (SSSR count). The van der Waals surface area contributed by atoms with E-state index in [1.54, 1.807) is 0 Å². The highest BCUT2D eigenvalue weighted by molar-refractivity contribution is 6.16. The summed E-state index contributed by atoms with van der Waals surface area (Å²) in [6, 6.07) is 0. The third kappa shape index (κ3) is 2.68. The first-order chi connectivity index (χ1) is 12.2. The lowest BCUT2D eigenvalue weighted by Gasteiger charge is -1.95. The van der Waals surface area contributed by atoms with Crippen LogP contribution < -0.4 is 0 Å². The summed E-state index contributed by atoms with van der Waals surface area (Å²) in [5, 5.41) is 0. The van der Waals surface area contributed by atoms with E-state index in [1.807, 2.05) is 60.8 Å². The molecule has 0 atom stereocenters. The van der Waals surface area contributed by atoms with Gasteiger partial charge in [-0.1, -0.05) is 0 Å². The van der Waals surface area contributed by atoms with Crippen LogP contribution in [0.4, 0.5) is 0 Å². The zero-order valence-electron chi connectivity index (χ0n) is 13.6. The highest BCUT2D eigenvalue weighted by Crippen LogP contribution is 2.22. The smallest absolute Gasteiger partial charge is 0.0688 e. The lowest BCUT2D eigenvalue weighted by atomic mass is 10.1. The summed E-state index contributed by atoms with van der Waals surface area (Å²) in [6.07, 6.45) is 22.0. The lowest BCUT2D eigenvalue weighted by molar-refractivity contribution is 1.41. The average molecular weight is 322 g/mol. The standard InChI is InChI=1S/C21H14N4/c1-13-8-20-11-18-5-4-16(23-18)9-14-2-3-15(22-14)10-17-6-7-19(24-17)12-21(13)25-20/h2-12H,1H3. The van der Waals surface area contributed by atoms with Crippen molar-refractivity contribution in [3.05, 3.63) is 95.2 Å². The normalized spacial score (nSPS) is 22.7. The van der Waals surface area contributed by atoms with Gasteiger partial charge in [0, 0.05) is 0 Å². The lowest BCUT2D eigenvalue weighted by Crippen LogP contribution is -1.92. The van der Waals surface area contributed by atoms with Crippen LogP contribution in [0.5, 0.6) is 0 Å². The fourth-order valence-electron chi connectivity index (χ4n) is 3.04. The Morgan fingerprint density at radius 2 is 0.960 bits per heavy atom. The highest BCUT2D eigenvalue weighted by atomic mass is 14.8. The van der Waals surface area contributed by atoms with Crippen LogP contribution in [0.1, 0.15) is 6.92 Å². The Labute approximate surface area is 145 Å². The first-order valence-corrected chi connectivity index (χ1v) is 8.16. The second-order valence-electron chi connectivity index (χ2n) is 6.21. The van der Waals surface area contributed by atoms with E-state index in [-0.39, 0.29) is 0 Å². The summed E-state index contributed by atoms with van der Waals surface area (Å²) in [5.41, 5.74) is 8.36. The van der Waals surface area contributed by atoms with E-state index in [1.165, 1.54) is 0 Å². The number of aliphatic imine (C=N–C) groups is 4. The maximum Gasteiger partial charge on any atom is 0.0688 e. The van der Waals surface area contributed by atoms with E-state index in [2.05, 4.69) is 28.0 Å². The van der Waals surface area contributed by atoms with Crippen molar-refractivity contribution >= 4 is 22.8 Å². The first-order valence-electron chi connectivity index (χ1n) is 8.16. The third-order valence-corrected chi connectivity index (χ3v) is 4.24. The predicted octanol–water partition coefficient (Wildman–Crippen LogP) is 3.97. The van der Waals surface area contributed by atoms with E-state index >= 15 is 0 Å². The van der Waals surface area contributed by atoms with Gasteiger partial charge in [0.25, 0.3) is 0 Å². The van der Waals surface area contributed by atoms with Crippen LogP contribution in [0.25, 0.3) is 0 Å². The van der Waals surface area contributed by atoms with Crippen LogP contribution >= 0.6 is 0 Å². The molecular formula is C21H14N4. The molecule has 0 spiro atoms. The Morgan fingerprint density at radius 3 is 1.52 bits per heavy atom. The monoisotopic (exact) mass is 322 g/mol. The molecule has 0 amide bonds. The van der Waals surface area contributed by atoms with Gasteiger partial charge in [0.15, 0.2) is 0 Å². The van der Waals surface area contributed by atoms with Gasteiger partial charge in [-0.3, -0.25) is 0 Å². The van der Waals surface area contributed by atoms with E-state index in [4.69, 9.17) is 4.99 Å². The van der Waals surface area contributed by atoms with Gasteiger partial charge in [0.1, 0.15) is 0 Å². The largest absolute Gasteiger partial charge is 0.249 e. The molecule has 5 heterocycles. The number of hydrogen-bond acceptors (Lipinski definition) is 4. The number of nitrogens with zero attached hydrogens (tertiary/aromatic N) is 4. The number of allylic oxidation sites excluding steroid dienone is 12. The maximum atomic E-state index is 4.69. The van der Waals surface area contributed by atoms with Crippen molar-refractivity contribution < 1.29 is 0 Å². The molecule has 0 N–H and O–H groups in total. The zero-order valence-corrected chi connectivity index (χ0v) is 13.6. The molecule has 0 aromatic rings. The van der Waals surface area contributed by atoms with Crippen LogP contribution in [-0.4, -0.2) is 22.8 Å². The summed E-state index contributed by atoms with van der Waals surface area (Å²) >= 11 is 0. The van der Waals surface area contributed by atoms with Gasteiger partial charge < -0.3 is 0 Å². The number of rotatable bonds is 0. The molecule has 0 saturated heterocycles. The predicted molar refractivity (Wildman–Crippen MR) is 103 cm³/mol. The van der Waals surface area contributed by atoms with Gasteiger partial charge in [-0.25, -0.2) is 20.0 Å². The molecule has 0 unspecified atom stereocenters. The van der Waals surface area contributed by atoms with E-state index in [9.17, 15) is 0 Å². The average Bonchev–Trinajstić information content (AvgIpc) is 3.33. The Hall–Kier alpha value is -3.40. The second-order valence-corrected chi connectivity index (χ2v) is 6.21. The molecular weight excluding hydrogens is 308 g/mol. The maximum absolute atomic E-state index is 4.69. The zero-order chi connectivity index (χ0) is 16.8. The molecule has 8 bridgehead atoms. The minimum atomic E-state index is 0.894. The van der Waals surface area contributed by atoms with Crippen molar-refractivity contribution in [1.29, 1.82) is 0 Å². The summed E-state index contributed by atoms with van der Waals surface area (Å²) in [4.78, 5) is 18.6. The molecule has 0 radical (unpaired) electrons. The van der Waals surface area contributed by atoms with Crippen molar-refractivity contribution in [2.24, 2.45) is 20.0 Å². The van der Waals surface area contributed by atoms with Gasteiger partial charge in [0.2, 0.25) is 0 Å². The van der Waals surface area contributed by atoms with Gasteiger partial charge in [-0.05, 0) is 79.3 Å². The van der Waals surface area contributed by atoms with E-state index in [0.717, 1.165) is 51.2 Å². The van der Waals surface area contributed by atoms with Crippen LogP contribution in [-0.2, 0) is 0 Å². The Kier molecular flexibility index (Phi) is 2.97. The van der Waals surface area contributed by atoms with Crippen molar-refractivity contribution in [3.63, 3.8) is 0 Å². The molecule has 4 nitrogen and oxygen atoms in total. The van der Waals surface area contributed by atoms with Crippen LogP contribution in [0.2, 0.25) is 0 Å². The number of hydrogen-bond donors (Lipinski definition) is 0. The van der Waals surface area contributed by atoms with Crippen molar-refractivity contribution in [2.45, 2.75) is 6.92 Å². The van der Waals surface area contributed by atoms with E-state index < -0.39 is 0 Å². The topological polar surface area (TPSA) is 49.4 Å². The third-order valence-electron chi connectivity index (χ3n) is 4.24. The molecule has 25 heavy (non-hydrogen) atoms. The van der Waals surface area contributed by atoms with Crippen molar-refractivity contribution in [3.8, 4) is 0 Å². The minimum absolute atomic E-state index is 0.894.